The summed E-state index contributed by atoms with van der Waals surface area (Å²) in [4.78, 5) is 23.2. The average molecular weight is 351 g/mol. The molecule has 2 aromatic carbocycles. The Morgan fingerprint density at radius 1 is 1.14 bits per heavy atom. The van der Waals surface area contributed by atoms with Crippen molar-refractivity contribution in [1.82, 2.24) is 0 Å². The van der Waals surface area contributed by atoms with Gasteiger partial charge in [-0.2, -0.15) is 0 Å². The van der Waals surface area contributed by atoms with E-state index in [-0.39, 0.29) is 16.5 Å². The van der Waals surface area contributed by atoms with Gasteiger partial charge in [-0.1, -0.05) is 24.3 Å². The van der Waals surface area contributed by atoms with Crippen molar-refractivity contribution in [3.05, 3.63) is 63.9 Å². The molecule has 0 radical (unpaired) electrons. The molecule has 0 fully saturated rings. The van der Waals surface area contributed by atoms with E-state index in [0.29, 0.717) is 11.3 Å². The predicted octanol–water partition coefficient (Wildman–Crippen LogP) is 2.87. The van der Waals surface area contributed by atoms with Crippen LogP contribution in [0.1, 0.15) is 15.9 Å². The monoisotopic (exact) mass is 350 g/mol. The number of carbonyl (C=O) groups excluding carboxylic acids is 2. The lowest BCUT2D eigenvalue weighted by atomic mass is 10.1. The van der Waals surface area contributed by atoms with Gasteiger partial charge in [0.25, 0.3) is 5.91 Å². The third-order valence-corrected chi connectivity index (χ3v) is 3.63. The third kappa shape index (κ3) is 3.66. The molecule has 21 heavy (non-hydrogen) atoms. The normalized spacial score (nSPS) is 10.2. The van der Waals surface area contributed by atoms with Crippen LogP contribution in [-0.2, 0) is 11.2 Å². The van der Waals surface area contributed by atoms with Gasteiger partial charge in [0.2, 0.25) is 5.91 Å². The van der Waals surface area contributed by atoms with Crippen LogP contribution in [0.2, 0.25) is 0 Å². The Hall–Kier alpha value is -2.21. The van der Waals surface area contributed by atoms with Gasteiger partial charge >= 0.3 is 0 Å². The fourth-order valence-electron chi connectivity index (χ4n) is 1.85. The first-order valence-corrected chi connectivity index (χ1v) is 6.90. The summed E-state index contributed by atoms with van der Waals surface area (Å²) in [5.74, 6) is -1.49. The topological polar surface area (TPSA) is 72.2 Å². The molecule has 0 saturated heterocycles. The quantitative estimate of drug-likeness (QED) is 0.889. The summed E-state index contributed by atoms with van der Waals surface area (Å²) in [5, 5.41) is 2.66. The Morgan fingerprint density at radius 3 is 2.57 bits per heavy atom. The number of nitrogens with two attached hydrogens (primary N) is 1. The average Bonchev–Trinajstić information content (AvgIpc) is 2.43. The summed E-state index contributed by atoms with van der Waals surface area (Å²) >= 11 is 3.04. The Labute approximate surface area is 129 Å². The summed E-state index contributed by atoms with van der Waals surface area (Å²) in [5.41, 5.74) is 6.41. The maximum Gasteiger partial charge on any atom is 0.256 e. The lowest BCUT2D eigenvalue weighted by Crippen LogP contribution is -2.18. The van der Waals surface area contributed by atoms with Crippen LogP contribution >= 0.6 is 15.9 Å². The van der Waals surface area contributed by atoms with E-state index >= 15 is 0 Å². The Morgan fingerprint density at radius 2 is 1.86 bits per heavy atom. The molecule has 0 bridgehead atoms. The molecule has 2 aromatic rings. The molecule has 3 N–H and O–H groups in total. The molecule has 2 amide bonds. The smallest absolute Gasteiger partial charge is 0.256 e. The number of hydrogen-bond donors (Lipinski definition) is 2. The Balaban J connectivity index is 2.28. The van der Waals surface area contributed by atoms with Crippen LogP contribution < -0.4 is 11.1 Å². The molecule has 0 unspecified atom stereocenters. The van der Waals surface area contributed by atoms with Gasteiger partial charge < -0.3 is 11.1 Å². The predicted molar refractivity (Wildman–Crippen MR) is 81.4 cm³/mol. The summed E-state index contributed by atoms with van der Waals surface area (Å²) in [6.45, 7) is 0. The van der Waals surface area contributed by atoms with E-state index in [1.807, 2.05) is 0 Å². The van der Waals surface area contributed by atoms with Gasteiger partial charge in [0.1, 0.15) is 5.82 Å². The van der Waals surface area contributed by atoms with Crippen molar-refractivity contribution < 1.29 is 14.0 Å². The lowest BCUT2D eigenvalue weighted by molar-refractivity contribution is -0.117. The van der Waals surface area contributed by atoms with Gasteiger partial charge in [-0.15, -0.1) is 0 Å². The van der Waals surface area contributed by atoms with Crippen LogP contribution in [0.3, 0.4) is 0 Å². The highest BCUT2D eigenvalue weighted by molar-refractivity contribution is 9.10. The second-order valence-corrected chi connectivity index (χ2v) is 5.15. The number of benzene rings is 2. The molecule has 0 aliphatic heterocycles. The molecule has 0 saturated carbocycles. The zero-order chi connectivity index (χ0) is 15.4. The number of halogens is 2. The minimum absolute atomic E-state index is 0.0147. The van der Waals surface area contributed by atoms with Crippen molar-refractivity contribution in [2.45, 2.75) is 6.42 Å². The first-order chi connectivity index (χ1) is 9.99. The highest BCUT2D eigenvalue weighted by Gasteiger charge is 2.15. The zero-order valence-electron chi connectivity index (χ0n) is 10.9. The van der Waals surface area contributed by atoms with Crippen LogP contribution in [-0.4, -0.2) is 11.8 Å². The molecule has 0 aliphatic carbocycles. The van der Waals surface area contributed by atoms with Gasteiger partial charge in [0.05, 0.1) is 16.5 Å². The van der Waals surface area contributed by atoms with Gasteiger partial charge in [0.15, 0.2) is 0 Å². The van der Waals surface area contributed by atoms with Crippen molar-refractivity contribution in [3.8, 4) is 0 Å². The van der Waals surface area contributed by atoms with Crippen LogP contribution in [0, 0.1) is 5.82 Å². The summed E-state index contributed by atoms with van der Waals surface area (Å²) < 4.78 is 13.5. The number of carbonyl (C=O) groups is 2. The summed E-state index contributed by atoms with van der Waals surface area (Å²) in [7, 11) is 0. The highest BCUT2D eigenvalue weighted by Crippen LogP contribution is 2.23. The molecule has 0 atom stereocenters. The minimum Gasteiger partial charge on any atom is -0.369 e. The number of hydrogen-bond acceptors (Lipinski definition) is 2. The van der Waals surface area contributed by atoms with Gasteiger partial charge in [-0.25, -0.2) is 4.39 Å². The van der Waals surface area contributed by atoms with E-state index in [1.165, 1.54) is 18.2 Å². The van der Waals surface area contributed by atoms with Crippen molar-refractivity contribution >= 4 is 33.4 Å². The summed E-state index contributed by atoms with van der Waals surface area (Å²) in [6.07, 6.45) is 0.0147. The SMILES string of the molecule is NC(=O)Cc1ccccc1NC(=O)c1cccc(F)c1Br. The van der Waals surface area contributed by atoms with Crippen LogP contribution in [0.25, 0.3) is 0 Å². The number of para-hydroxylation sites is 1. The maximum atomic E-state index is 13.4. The number of amides is 2. The molecule has 0 heterocycles. The van der Waals surface area contributed by atoms with E-state index < -0.39 is 17.6 Å². The molecule has 6 heteroatoms. The first kappa shape index (κ1) is 15.2. The zero-order valence-corrected chi connectivity index (χ0v) is 12.5. The fourth-order valence-corrected chi connectivity index (χ4v) is 2.30. The second kappa shape index (κ2) is 6.49. The molecular formula is C15H12BrFN2O2. The van der Waals surface area contributed by atoms with Crippen molar-refractivity contribution in [1.29, 1.82) is 0 Å². The Bertz CT molecular complexity index is 704. The minimum atomic E-state index is -0.520. The van der Waals surface area contributed by atoms with E-state index in [0.717, 1.165) is 0 Å². The van der Waals surface area contributed by atoms with E-state index in [4.69, 9.17) is 5.73 Å². The van der Waals surface area contributed by atoms with Crippen molar-refractivity contribution in [2.75, 3.05) is 5.32 Å². The molecular weight excluding hydrogens is 339 g/mol. The van der Waals surface area contributed by atoms with E-state index in [9.17, 15) is 14.0 Å². The van der Waals surface area contributed by atoms with E-state index in [2.05, 4.69) is 21.2 Å². The van der Waals surface area contributed by atoms with Gasteiger partial charge in [-0.3, -0.25) is 9.59 Å². The summed E-state index contributed by atoms with van der Waals surface area (Å²) in [6, 6.07) is 11.0. The molecule has 0 spiro atoms. The number of anilines is 1. The number of primary amides is 1. The van der Waals surface area contributed by atoms with Crippen LogP contribution in [0.4, 0.5) is 10.1 Å². The van der Waals surface area contributed by atoms with Crippen molar-refractivity contribution in [3.63, 3.8) is 0 Å². The van der Waals surface area contributed by atoms with E-state index in [1.54, 1.807) is 24.3 Å². The highest BCUT2D eigenvalue weighted by atomic mass is 79.9. The lowest BCUT2D eigenvalue weighted by Gasteiger charge is -2.11. The second-order valence-electron chi connectivity index (χ2n) is 4.36. The molecule has 108 valence electrons. The molecule has 4 nitrogen and oxygen atoms in total. The first-order valence-electron chi connectivity index (χ1n) is 6.10. The molecule has 0 aliphatic rings. The largest absolute Gasteiger partial charge is 0.369 e. The van der Waals surface area contributed by atoms with Gasteiger partial charge in [-0.05, 0) is 39.7 Å². The number of rotatable bonds is 4. The van der Waals surface area contributed by atoms with Crippen LogP contribution in [0.15, 0.2) is 46.9 Å². The van der Waals surface area contributed by atoms with Crippen molar-refractivity contribution in [2.24, 2.45) is 5.73 Å². The molecule has 2 rings (SSSR count). The standard InChI is InChI=1S/C15H12BrFN2O2/c16-14-10(5-3-6-11(14)17)15(21)19-12-7-2-1-4-9(12)8-13(18)20/h1-7H,8H2,(H2,18,20)(H,19,21). The van der Waals surface area contributed by atoms with Gasteiger partial charge in [0, 0.05) is 5.69 Å². The Kier molecular flexibility index (Phi) is 4.70. The number of nitrogens with one attached hydrogen (secondary N) is 1. The maximum absolute atomic E-state index is 13.4. The molecule has 0 aromatic heterocycles. The fraction of sp³-hybridized carbons (Fsp3) is 0.0667. The third-order valence-electron chi connectivity index (χ3n) is 2.83. The van der Waals surface area contributed by atoms with Crippen LogP contribution in [0.5, 0.6) is 0 Å².